The van der Waals surface area contributed by atoms with Gasteiger partial charge < -0.3 is 24.6 Å². The Hall–Kier alpha value is -2.82. The van der Waals surface area contributed by atoms with Crippen LogP contribution in [0.5, 0.6) is 5.75 Å². The second-order valence-corrected chi connectivity index (χ2v) is 7.34. The van der Waals surface area contributed by atoms with E-state index in [2.05, 4.69) is 25.1 Å². The van der Waals surface area contributed by atoms with Gasteiger partial charge in [0.2, 0.25) is 5.89 Å². The molecule has 1 saturated heterocycles. The summed E-state index contributed by atoms with van der Waals surface area (Å²) in [6.07, 6.45) is 2.32. The third-order valence-electron chi connectivity index (χ3n) is 5.32. The van der Waals surface area contributed by atoms with Gasteiger partial charge in [0.1, 0.15) is 17.8 Å². The number of nitrogens with one attached hydrogen (secondary N) is 1. The molecule has 32 heavy (non-hydrogen) atoms. The van der Waals surface area contributed by atoms with Crippen LogP contribution in [0, 0.1) is 5.82 Å². The number of nitrogens with zero attached hydrogens (tertiary/aromatic N) is 4. The lowest BCUT2D eigenvalue weighted by Crippen LogP contribution is -2.52. The largest absolute Gasteiger partial charge is 0.506 e. The summed E-state index contributed by atoms with van der Waals surface area (Å²) in [6, 6.07) is 13.5. The fraction of sp³-hybridized carbons (Fsp3) is 0.304. The number of guanidine groups is 1. The minimum atomic E-state index is -0.285. The number of anilines is 1. The van der Waals surface area contributed by atoms with Gasteiger partial charge in [-0.15, -0.1) is 24.0 Å². The zero-order chi connectivity index (χ0) is 21.6. The molecule has 2 N–H and O–H groups in total. The average Bonchev–Trinajstić information content (AvgIpc) is 3.27. The summed E-state index contributed by atoms with van der Waals surface area (Å²) >= 11 is 0. The van der Waals surface area contributed by atoms with E-state index in [4.69, 9.17) is 4.42 Å². The van der Waals surface area contributed by atoms with Gasteiger partial charge in [-0.05, 0) is 36.4 Å². The Morgan fingerprint density at radius 2 is 1.84 bits per heavy atom. The molecule has 0 bridgehead atoms. The number of phenolic OH excluding ortho intramolecular Hbond substituents is 1. The van der Waals surface area contributed by atoms with E-state index < -0.39 is 0 Å². The Kier molecular flexibility index (Phi) is 8.32. The topological polar surface area (TPSA) is 77.1 Å². The van der Waals surface area contributed by atoms with Gasteiger partial charge in [-0.1, -0.05) is 12.1 Å². The maximum Gasteiger partial charge on any atom is 0.226 e. The van der Waals surface area contributed by atoms with Crippen LogP contribution in [0.3, 0.4) is 0 Å². The van der Waals surface area contributed by atoms with Gasteiger partial charge in [-0.25, -0.2) is 9.37 Å². The van der Waals surface area contributed by atoms with Crippen LogP contribution < -0.4 is 10.2 Å². The molecule has 0 radical (unpaired) electrons. The highest BCUT2D eigenvalue weighted by atomic mass is 127. The molecule has 9 heteroatoms. The Morgan fingerprint density at radius 1 is 1.12 bits per heavy atom. The fourth-order valence-electron chi connectivity index (χ4n) is 3.67. The molecule has 2 aromatic carbocycles. The van der Waals surface area contributed by atoms with Crippen LogP contribution in [0.1, 0.15) is 5.69 Å². The van der Waals surface area contributed by atoms with Gasteiger partial charge in [-0.3, -0.25) is 4.99 Å². The summed E-state index contributed by atoms with van der Waals surface area (Å²) in [6.45, 7) is 3.91. The second-order valence-electron chi connectivity index (χ2n) is 7.34. The first kappa shape index (κ1) is 23.8. The van der Waals surface area contributed by atoms with Crippen LogP contribution >= 0.6 is 24.0 Å². The van der Waals surface area contributed by atoms with E-state index in [1.807, 2.05) is 18.2 Å². The number of piperazine rings is 1. The van der Waals surface area contributed by atoms with Crippen LogP contribution in [-0.2, 0) is 6.42 Å². The van der Waals surface area contributed by atoms with Crippen LogP contribution in [0.4, 0.5) is 10.1 Å². The van der Waals surface area contributed by atoms with E-state index >= 15 is 0 Å². The minimum Gasteiger partial charge on any atom is -0.506 e. The van der Waals surface area contributed by atoms with Crippen molar-refractivity contribution in [1.29, 1.82) is 0 Å². The summed E-state index contributed by atoms with van der Waals surface area (Å²) in [5.41, 5.74) is 2.44. The predicted octanol–water partition coefficient (Wildman–Crippen LogP) is 3.74. The summed E-state index contributed by atoms with van der Waals surface area (Å²) in [5, 5.41) is 13.5. The molecule has 0 aliphatic carbocycles. The summed E-state index contributed by atoms with van der Waals surface area (Å²) in [7, 11) is 1.78. The van der Waals surface area contributed by atoms with Crippen LogP contribution in [0.15, 0.2) is 64.2 Å². The monoisotopic (exact) mass is 551 g/mol. The Morgan fingerprint density at radius 3 is 2.53 bits per heavy atom. The van der Waals surface area contributed by atoms with E-state index in [-0.39, 0.29) is 29.8 Å². The maximum atomic E-state index is 13.1. The molecule has 0 spiro atoms. The molecule has 2 heterocycles. The molecule has 1 fully saturated rings. The summed E-state index contributed by atoms with van der Waals surface area (Å²) in [5.74, 6) is 1.36. The number of oxazole rings is 1. The van der Waals surface area contributed by atoms with E-state index in [1.54, 1.807) is 31.5 Å². The lowest BCUT2D eigenvalue weighted by atomic mass is 10.2. The van der Waals surface area contributed by atoms with Gasteiger partial charge >= 0.3 is 0 Å². The number of benzene rings is 2. The van der Waals surface area contributed by atoms with Gasteiger partial charge in [-0.2, -0.15) is 0 Å². The number of phenols is 1. The first-order valence-electron chi connectivity index (χ1n) is 10.3. The van der Waals surface area contributed by atoms with Gasteiger partial charge in [0, 0.05) is 51.8 Å². The molecule has 0 amide bonds. The number of aromatic hydroxyl groups is 1. The van der Waals surface area contributed by atoms with E-state index in [0.717, 1.165) is 49.1 Å². The first-order valence-corrected chi connectivity index (χ1v) is 10.3. The Bertz CT molecular complexity index is 1030. The lowest BCUT2D eigenvalue weighted by molar-refractivity contribution is 0.370. The molecule has 0 unspecified atom stereocenters. The molecule has 1 aromatic heterocycles. The smallest absolute Gasteiger partial charge is 0.226 e. The number of hydrogen-bond acceptors (Lipinski definition) is 5. The minimum absolute atomic E-state index is 0. The molecule has 0 atom stereocenters. The zero-order valence-electron chi connectivity index (χ0n) is 17.9. The second kappa shape index (κ2) is 11.2. The molecule has 1 aliphatic heterocycles. The van der Waals surface area contributed by atoms with Crippen LogP contribution in [0.2, 0.25) is 0 Å². The van der Waals surface area contributed by atoms with E-state index in [9.17, 15) is 9.50 Å². The highest BCUT2D eigenvalue weighted by molar-refractivity contribution is 14.0. The van der Waals surface area contributed by atoms with E-state index in [0.29, 0.717) is 24.6 Å². The van der Waals surface area contributed by atoms with Gasteiger partial charge in [0.15, 0.2) is 5.96 Å². The third kappa shape index (κ3) is 5.70. The van der Waals surface area contributed by atoms with Crippen molar-refractivity contribution in [1.82, 2.24) is 15.2 Å². The molecule has 3 aromatic rings. The number of aliphatic imine (C=N–C) groups is 1. The van der Waals surface area contributed by atoms with Crippen molar-refractivity contribution >= 4 is 35.6 Å². The van der Waals surface area contributed by atoms with Crippen molar-refractivity contribution in [3.8, 4) is 17.2 Å². The maximum absolute atomic E-state index is 13.1. The Labute approximate surface area is 204 Å². The SMILES string of the molecule is CN=C(NCCc1coc(-c2ccc(F)cc2)n1)N1CCN(c2ccccc2O)CC1.I. The molecule has 0 saturated carbocycles. The van der Waals surface area contributed by atoms with Crippen molar-refractivity contribution in [3.05, 3.63) is 66.3 Å². The van der Waals surface area contributed by atoms with Crippen molar-refractivity contribution in [2.24, 2.45) is 4.99 Å². The Balaban J connectivity index is 0.00000289. The van der Waals surface area contributed by atoms with Crippen LogP contribution in [0.25, 0.3) is 11.5 Å². The number of hydrogen-bond donors (Lipinski definition) is 2. The highest BCUT2D eigenvalue weighted by Crippen LogP contribution is 2.27. The van der Waals surface area contributed by atoms with Crippen molar-refractivity contribution < 1.29 is 13.9 Å². The van der Waals surface area contributed by atoms with Crippen molar-refractivity contribution in [3.63, 3.8) is 0 Å². The first-order chi connectivity index (χ1) is 15.1. The molecule has 1 aliphatic rings. The number of rotatable bonds is 5. The predicted molar refractivity (Wildman–Crippen MR) is 134 cm³/mol. The molecular formula is C23H27FIN5O2. The third-order valence-corrected chi connectivity index (χ3v) is 5.32. The molecular weight excluding hydrogens is 524 g/mol. The number of halogens is 2. The standard InChI is InChI=1S/C23H26FN5O2.HI/c1-25-23(29-14-12-28(13-15-29)20-4-2-3-5-21(20)30)26-11-10-19-16-31-22(27-19)17-6-8-18(24)9-7-17;/h2-9,16,30H,10-15H2,1H3,(H,25,26);1H. The summed E-state index contributed by atoms with van der Waals surface area (Å²) < 4.78 is 18.6. The molecule has 170 valence electrons. The van der Waals surface area contributed by atoms with Crippen molar-refractivity contribution in [2.75, 3.05) is 44.7 Å². The zero-order valence-corrected chi connectivity index (χ0v) is 20.2. The van der Waals surface area contributed by atoms with Crippen LogP contribution in [-0.4, -0.2) is 60.7 Å². The molecule has 4 rings (SSSR count). The molecule has 7 nitrogen and oxygen atoms in total. The normalized spacial score (nSPS) is 14.2. The van der Waals surface area contributed by atoms with Gasteiger partial charge in [0.25, 0.3) is 0 Å². The van der Waals surface area contributed by atoms with Gasteiger partial charge in [0.05, 0.1) is 11.4 Å². The van der Waals surface area contributed by atoms with Crippen molar-refractivity contribution in [2.45, 2.75) is 6.42 Å². The van der Waals surface area contributed by atoms with E-state index in [1.165, 1.54) is 12.1 Å². The number of aromatic nitrogens is 1. The highest BCUT2D eigenvalue weighted by Gasteiger charge is 2.21. The lowest BCUT2D eigenvalue weighted by Gasteiger charge is -2.37. The fourth-order valence-corrected chi connectivity index (χ4v) is 3.67. The number of para-hydroxylation sites is 2. The summed E-state index contributed by atoms with van der Waals surface area (Å²) in [4.78, 5) is 13.3. The quantitative estimate of drug-likeness (QED) is 0.286. The average molecular weight is 551 g/mol.